The second-order valence-corrected chi connectivity index (χ2v) is 9.32. The molecule has 1 aliphatic rings. The van der Waals surface area contributed by atoms with Crippen LogP contribution in [0, 0.1) is 19.8 Å². The average Bonchev–Trinajstić information content (AvgIpc) is 2.64. The summed E-state index contributed by atoms with van der Waals surface area (Å²) in [5.74, 6) is 0.242. The number of sulfonamides is 1. The molecule has 1 heterocycles. The largest absolute Gasteiger partial charge is 0.322 e. The quantitative estimate of drug-likeness (QED) is 0.864. The van der Waals surface area contributed by atoms with Gasteiger partial charge in [0.05, 0.1) is 4.90 Å². The fourth-order valence-corrected chi connectivity index (χ4v) is 4.71. The number of hydrogen-bond donors (Lipinski definition) is 1. The van der Waals surface area contributed by atoms with Gasteiger partial charge in [-0.05, 0) is 62.4 Å². The maximum atomic E-state index is 13.0. The van der Waals surface area contributed by atoms with Gasteiger partial charge in [0.1, 0.15) is 0 Å². The molecule has 1 N–H and O–H groups in total. The average molecular weight is 387 g/mol. The number of carbonyl (C=O) groups is 1. The highest BCUT2D eigenvalue weighted by atomic mass is 32.2. The number of benzene rings is 2. The number of amides is 1. The number of hydrogen-bond acceptors (Lipinski definition) is 3. The molecule has 0 radical (unpaired) electrons. The van der Waals surface area contributed by atoms with Gasteiger partial charge in [-0.2, -0.15) is 4.31 Å². The maximum absolute atomic E-state index is 13.0. The van der Waals surface area contributed by atoms with Crippen LogP contribution < -0.4 is 5.32 Å². The van der Waals surface area contributed by atoms with Gasteiger partial charge in [0.25, 0.3) is 5.91 Å². The van der Waals surface area contributed by atoms with Crippen LogP contribution in [0.2, 0.25) is 0 Å². The van der Waals surface area contributed by atoms with Gasteiger partial charge in [-0.3, -0.25) is 4.79 Å². The van der Waals surface area contributed by atoms with Gasteiger partial charge < -0.3 is 5.32 Å². The lowest BCUT2D eigenvalue weighted by Crippen LogP contribution is -2.38. The lowest BCUT2D eigenvalue weighted by molar-refractivity contribution is 0.102. The van der Waals surface area contributed by atoms with Crippen molar-refractivity contribution in [2.75, 3.05) is 18.4 Å². The Morgan fingerprint density at radius 1 is 1.04 bits per heavy atom. The summed E-state index contributed by atoms with van der Waals surface area (Å²) in [4.78, 5) is 12.9. The van der Waals surface area contributed by atoms with E-state index in [0.29, 0.717) is 30.3 Å². The topological polar surface area (TPSA) is 66.5 Å². The van der Waals surface area contributed by atoms with Crippen molar-refractivity contribution in [1.29, 1.82) is 0 Å². The van der Waals surface area contributed by atoms with Crippen LogP contribution in [-0.4, -0.2) is 31.7 Å². The van der Waals surface area contributed by atoms with Crippen LogP contribution in [0.5, 0.6) is 0 Å². The zero-order valence-corrected chi connectivity index (χ0v) is 16.8. The Kier molecular flexibility index (Phi) is 5.67. The van der Waals surface area contributed by atoms with Gasteiger partial charge in [-0.15, -0.1) is 0 Å². The summed E-state index contributed by atoms with van der Waals surface area (Å²) in [7, 11) is -3.58. The zero-order valence-electron chi connectivity index (χ0n) is 16.0. The summed E-state index contributed by atoms with van der Waals surface area (Å²) in [6.07, 6.45) is 1.73. The second-order valence-electron chi connectivity index (χ2n) is 7.38. The monoisotopic (exact) mass is 386 g/mol. The Labute approximate surface area is 161 Å². The highest BCUT2D eigenvalue weighted by molar-refractivity contribution is 7.89. The fraction of sp³-hybridized carbons (Fsp3) is 0.381. The van der Waals surface area contributed by atoms with E-state index in [-0.39, 0.29) is 10.8 Å². The number of anilines is 1. The maximum Gasteiger partial charge on any atom is 0.255 e. The van der Waals surface area contributed by atoms with E-state index in [0.717, 1.165) is 24.0 Å². The van der Waals surface area contributed by atoms with Gasteiger partial charge in [0, 0.05) is 24.3 Å². The van der Waals surface area contributed by atoms with Crippen LogP contribution in [0.25, 0.3) is 0 Å². The third-order valence-electron chi connectivity index (χ3n) is 5.14. The molecule has 3 rings (SSSR count). The number of nitrogens with zero attached hydrogens (tertiary/aromatic N) is 1. The van der Waals surface area contributed by atoms with Crippen LogP contribution >= 0.6 is 0 Å². The fourth-order valence-electron chi connectivity index (χ4n) is 3.22. The Morgan fingerprint density at radius 3 is 2.30 bits per heavy atom. The van der Waals surface area contributed by atoms with E-state index in [2.05, 4.69) is 12.2 Å². The molecular formula is C21H26N2O3S. The first-order chi connectivity index (χ1) is 12.8. The number of aryl methyl sites for hydroxylation is 2. The first-order valence-corrected chi connectivity index (χ1v) is 10.7. The Bertz CT molecular complexity index is 928. The van der Waals surface area contributed by atoms with Crippen LogP contribution in [0.3, 0.4) is 0 Å². The van der Waals surface area contributed by atoms with Gasteiger partial charge in [-0.25, -0.2) is 8.42 Å². The second kappa shape index (κ2) is 7.82. The molecule has 0 spiro atoms. The van der Waals surface area contributed by atoms with Crippen LogP contribution in [0.1, 0.15) is 41.3 Å². The van der Waals surface area contributed by atoms with Gasteiger partial charge >= 0.3 is 0 Å². The van der Waals surface area contributed by atoms with E-state index in [4.69, 9.17) is 0 Å². The molecule has 1 amide bonds. The summed E-state index contributed by atoms with van der Waals surface area (Å²) in [5.41, 5.74) is 2.91. The van der Waals surface area contributed by atoms with E-state index in [1.54, 1.807) is 12.1 Å². The first-order valence-electron chi connectivity index (χ1n) is 9.26. The van der Waals surface area contributed by atoms with Crippen molar-refractivity contribution in [3.8, 4) is 0 Å². The molecule has 1 saturated heterocycles. The number of nitrogens with one attached hydrogen (secondary N) is 1. The Hall–Kier alpha value is -2.18. The lowest BCUT2D eigenvalue weighted by atomic mass is 10.0. The van der Waals surface area contributed by atoms with Crippen molar-refractivity contribution in [2.45, 2.75) is 38.5 Å². The normalized spacial score (nSPS) is 16.3. The minimum Gasteiger partial charge on any atom is -0.322 e. The summed E-state index contributed by atoms with van der Waals surface area (Å²) >= 11 is 0. The predicted molar refractivity (Wildman–Crippen MR) is 107 cm³/mol. The van der Waals surface area contributed by atoms with Crippen molar-refractivity contribution < 1.29 is 13.2 Å². The lowest BCUT2D eigenvalue weighted by Gasteiger charge is -2.29. The SMILES string of the molecule is Cc1ccc(NC(=O)c2cc(S(=O)(=O)N3CCC(C)CC3)ccc2C)cc1. The first kappa shape index (κ1) is 19.6. The van der Waals surface area contributed by atoms with Gasteiger partial charge in [0.2, 0.25) is 10.0 Å². The molecule has 0 aromatic heterocycles. The molecule has 5 nitrogen and oxygen atoms in total. The molecule has 27 heavy (non-hydrogen) atoms. The van der Waals surface area contributed by atoms with E-state index >= 15 is 0 Å². The minimum absolute atomic E-state index is 0.178. The predicted octanol–water partition coefficient (Wildman–Crippen LogP) is 3.98. The van der Waals surface area contributed by atoms with Crippen molar-refractivity contribution in [2.24, 2.45) is 5.92 Å². The molecule has 0 unspecified atom stereocenters. The third-order valence-corrected chi connectivity index (χ3v) is 7.04. The number of rotatable bonds is 4. The van der Waals surface area contributed by atoms with E-state index < -0.39 is 10.0 Å². The third kappa shape index (κ3) is 4.39. The molecule has 0 bridgehead atoms. The van der Waals surface area contributed by atoms with E-state index in [1.165, 1.54) is 10.4 Å². The Balaban J connectivity index is 1.85. The summed E-state index contributed by atoms with van der Waals surface area (Å²) in [6, 6.07) is 12.3. The van der Waals surface area contributed by atoms with E-state index in [1.807, 2.05) is 38.1 Å². The molecule has 0 saturated carbocycles. The van der Waals surface area contributed by atoms with Gasteiger partial charge in [0.15, 0.2) is 0 Å². The molecule has 2 aromatic rings. The summed E-state index contributed by atoms with van der Waals surface area (Å²) in [5, 5.41) is 2.84. The molecule has 0 aliphatic carbocycles. The minimum atomic E-state index is -3.58. The molecule has 0 atom stereocenters. The summed E-state index contributed by atoms with van der Waals surface area (Å²) < 4.78 is 27.5. The van der Waals surface area contributed by atoms with Gasteiger partial charge in [-0.1, -0.05) is 30.7 Å². The molecular weight excluding hydrogens is 360 g/mol. The zero-order chi connectivity index (χ0) is 19.6. The molecule has 144 valence electrons. The highest BCUT2D eigenvalue weighted by Crippen LogP contribution is 2.25. The molecule has 2 aromatic carbocycles. The van der Waals surface area contributed by atoms with Crippen LogP contribution in [0.15, 0.2) is 47.4 Å². The van der Waals surface area contributed by atoms with Crippen LogP contribution in [-0.2, 0) is 10.0 Å². The molecule has 1 fully saturated rings. The van der Waals surface area contributed by atoms with Crippen molar-refractivity contribution >= 4 is 21.6 Å². The van der Waals surface area contributed by atoms with Crippen molar-refractivity contribution in [3.05, 3.63) is 59.2 Å². The highest BCUT2D eigenvalue weighted by Gasteiger charge is 2.28. The van der Waals surface area contributed by atoms with Crippen LogP contribution in [0.4, 0.5) is 5.69 Å². The molecule has 6 heteroatoms. The van der Waals surface area contributed by atoms with Crippen molar-refractivity contribution in [3.63, 3.8) is 0 Å². The molecule has 1 aliphatic heterocycles. The standard InChI is InChI=1S/C21H26N2O3S/c1-15-4-7-18(8-5-15)22-21(24)20-14-19(9-6-17(20)3)27(25,26)23-12-10-16(2)11-13-23/h4-9,14,16H,10-13H2,1-3H3,(H,22,24). The van der Waals surface area contributed by atoms with E-state index in [9.17, 15) is 13.2 Å². The summed E-state index contributed by atoms with van der Waals surface area (Å²) in [6.45, 7) is 6.99. The van der Waals surface area contributed by atoms with Crippen molar-refractivity contribution in [1.82, 2.24) is 4.31 Å². The number of carbonyl (C=O) groups excluding carboxylic acids is 1. The Morgan fingerprint density at radius 2 is 1.67 bits per heavy atom. The smallest absolute Gasteiger partial charge is 0.255 e. The number of piperidine rings is 1.